The van der Waals surface area contributed by atoms with Crippen molar-refractivity contribution in [3.63, 3.8) is 0 Å². The lowest BCUT2D eigenvalue weighted by molar-refractivity contribution is -0.385. The molecule has 0 spiro atoms. The summed E-state index contributed by atoms with van der Waals surface area (Å²) in [7, 11) is 0. The number of likely N-dealkylation sites (tertiary alicyclic amines) is 1. The highest BCUT2D eigenvalue weighted by molar-refractivity contribution is 5.48. The van der Waals surface area contributed by atoms with E-state index in [1.54, 1.807) is 6.07 Å². The van der Waals surface area contributed by atoms with Crippen molar-refractivity contribution < 1.29 is 14.8 Å². The van der Waals surface area contributed by atoms with Crippen LogP contribution in [0.1, 0.15) is 24.8 Å². The largest absolute Gasteiger partial charge is 0.487 e. The average Bonchev–Trinajstić information content (AvgIpc) is 2.46. The highest BCUT2D eigenvalue weighted by atomic mass is 16.6. The molecule has 0 unspecified atom stereocenters. The number of hydrogen-bond acceptors (Lipinski definition) is 5. The first kappa shape index (κ1) is 15.7. The van der Waals surface area contributed by atoms with Gasteiger partial charge in [-0.25, -0.2) is 0 Å². The maximum absolute atomic E-state index is 11.0. The van der Waals surface area contributed by atoms with Crippen LogP contribution in [0, 0.1) is 17.0 Å². The number of aliphatic hydroxyl groups is 1. The van der Waals surface area contributed by atoms with Gasteiger partial charge in [-0.15, -0.1) is 0 Å². The normalized spacial score (nSPS) is 16.9. The quantitative estimate of drug-likeness (QED) is 0.494. The first-order valence-corrected chi connectivity index (χ1v) is 7.34. The molecule has 0 aromatic heterocycles. The predicted octanol–water partition coefficient (Wildman–Crippen LogP) is 2.13. The van der Waals surface area contributed by atoms with Crippen molar-refractivity contribution in [2.45, 2.75) is 32.3 Å². The molecule has 1 N–H and O–H groups in total. The van der Waals surface area contributed by atoms with Gasteiger partial charge in [-0.05, 0) is 37.8 Å². The summed E-state index contributed by atoms with van der Waals surface area (Å²) in [4.78, 5) is 12.9. The second-order valence-electron chi connectivity index (χ2n) is 5.50. The average molecular weight is 294 g/mol. The molecule has 6 nitrogen and oxygen atoms in total. The molecule has 1 aromatic carbocycles. The molecule has 0 atom stereocenters. The minimum atomic E-state index is -0.408. The van der Waals surface area contributed by atoms with Crippen LogP contribution in [0.15, 0.2) is 18.2 Å². The van der Waals surface area contributed by atoms with Gasteiger partial charge < -0.3 is 14.7 Å². The molecular weight excluding hydrogens is 272 g/mol. The van der Waals surface area contributed by atoms with Crippen molar-refractivity contribution in [3.05, 3.63) is 33.9 Å². The SMILES string of the molecule is Cc1ccc(OCCCN2CCC(O)CC2)c([N+](=O)[O-])c1. The fourth-order valence-corrected chi connectivity index (χ4v) is 2.51. The van der Waals surface area contributed by atoms with Gasteiger partial charge >= 0.3 is 5.69 Å². The Kier molecular flexibility index (Phi) is 5.52. The van der Waals surface area contributed by atoms with E-state index in [1.165, 1.54) is 6.07 Å². The number of hydrogen-bond donors (Lipinski definition) is 1. The number of aliphatic hydroxyl groups excluding tert-OH is 1. The summed E-state index contributed by atoms with van der Waals surface area (Å²) in [5, 5.41) is 20.4. The predicted molar refractivity (Wildman–Crippen MR) is 79.6 cm³/mol. The smallest absolute Gasteiger partial charge is 0.311 e. The van der Waals surface area contributed by atoms with Crippen LogP contribution < -0.4 is 4.74 Å². The summed E-state index contributed by atoms with van der Waals surface area (Å²) in [6, 6.07) is 5.00. The lowest BCUT2D eigenvalue weighted by Crippen LogP contribution is -2.36. The maximum atomic E-state index is 11.0. The summed E-state index contributed by atoms with van der Waals surface area (Å²) in [6.45, 7) is 4.99. The zero-order chi connectivity index (χ0) is 15.2. The number of piperidine rings is 1. The molecule has 1 fully saturated rings. The van der Waals surface area contributed by atoms with Crippen LogP contribution in [0.2, 0.25) is 0 Å². The van der Waals surface area contributed by atoms with Gasteiger partial charge in [-0.3, -0.25) is 10.1 Å². The summed E-state index contributed by atoms with van der Waals surface area (Å²) in [5.74, 6) is 0.333. The minimum absolute atomic E-state index is 0.0242. The van der Waals surface area contributed by atoms with Gasteiger partial charge in [0.2, 0.25) is 0 Å². The van der Waals surface area contributed by atoms with Gasteiger partial charge in [-0.2, -0.15) is 0 Å². The van der Waals surface area contributed by atoms with E-state index >= 15 is 0 Å². The molecule has 2 rings (SSSR count). The van der Waals surface area contributed by atoms with E-state index in [9.17, 15) is 15.2 Å². The minimum Gasteiger partial charge on any atom is -0.487 e. The molecule has 0 bridgehead atoms. The summed E-state index contributed by atoms with van der Waals surface area (Å²) in [6.07, 6.45) is 2.31. The van der Waals surface area contributed by atoms with Crippen LogP contribution >= 0.6 is 0 Å². The Morgan fingerprint density at radius 2 is 2.14 bits per heavy atom. The highest BCUT2D eigenvalue weighted by Gasteiger charge is 2.17. The Morgan fingerprint density at radius 3 is 2.81 bits per heavy atom. The van der Waals surface area contributed by atoms with Crippen molar-refractivity contribution in [2.24, 2.45) is 0 Å². The molecule has 0 aliphatic carbocycles. The maximum Gasteiger partial charge on any atom is 0.311 e. The zero-order valence-electron chi connectivity index (χ0n) is 12.3. The molecule has 0 saturated carbocycles. The number of nitro benzene ring substituents is 1. The standard InChI is InChI=1S/C15H22N2O4/c1-12-3-4-15(14(11-12)17(19)20)21-10-2-7-16-8-5-13(18)6-9-16/h3-4,11,13,18H,2,5-10H2,1H3. The number of nitro groups is 1. The first-order valence-electron chi connectivity index (χ1n) is 7.34. The number of nitrogens with zero attached hydrogens (tertiary/aromatic N) is 2. The summed E-state index contributed by atoms with van der Waals surface area (Å²) in [5.41, 5.74) is 0.872. The van der Waals surface area contributed by atoms with Crippen LogP contribution in [0.5, 0.6) is 5.75 Å². The number of benzene rings is 1. The summed E-state index contributed by atoms with van der Waals surface area (Å²) >= 11 is 0. The van der Waals surface area contributed by atoms with Gasteiger partial charge in [0.05, 0.1) is 17.6 Å². The highest BCUT2D eigenvalue weighted by Crippen LogP contribution is 2.27. The molecule has 0 amide bonds. The molecule has 1 heterocycles. The fraction of sp³-hybridized carbons (Fsp3) is 0.600. The van der Waals surface area contributed by atoms with Crippen molar-refractivity contribution >= 4 is 5.69 Å². The van der Waals surface area contributed by atoms with Gasteiger partial charge in [-0.1, -0.05) is 6.07 Å². The third-order valence-electron chi connectivity index (χ3n) is 3.74. The van der Waals surface area contributed by atoms with Crippen LogP contribution in [-0.2, 0) is 0 Å². The van der Waals surface area contributed by atoms with Crippen molar-refractivity contribution in [3.8, 4) is 5.75 Å². The molecule has 6 heteroatoms. The van der Waals surface area contributed by atoms with Crippen molar-refractivity contribution in [1.82, 2.24) is 4.90 Å². The van der Waals surface area contributed by atoms with Gasteiger partial charge in [0.1, 0.15) is 0 Å². The second-order valence-corrected chi connectivity index (χ2v) is 5.50. The van der Waals surface area contributed by atoms with E-state index in [0.717, 1.165) is 44.5 Å². The Balaban J connectivity index is 1.77. The monoisotopic (exact) mass is 294 g/mol. The van der Waals surface area contributed by atoms with Crippen LogP contribution in [0.3, 0.4) is 0 Å². The molecule has 116 valence electrons. The van der Waals surface area contributed by atoms with Crippen LogP contribution in [0.4, 0.5) is 5.69 Å². The topological polar surface area (TPSA) is 75.8 Å². The molecule has 1 aliphatic rings. The molecule has 21 heavy (non-hydrogen) atoms. The van der Waals surface area contributed by atoms with Crippen molar-refractivity contribution in [2.75, 3.05) is 26.2 Å². The second kappa shape index (κ2) is 7.38. The van der Waals surface area contributed by atoms with E-state index in [-0.39, 0.29) is 11.8 Å². The first-order chi connectivity index (χ1) is 10.1. The Bertz CT molecular complexity index is 485. The number of rotatable bonds is 6. The number of aryl methyl sites for hydroxylation is 1. The van der Waals surface area contributed by atoms with Gasteiger partial charge in [0.25, 0.3) is 0 Å². The van der Waals surface area contributed by atoms with E-state index < -0.39 is 4.92 Å². The molecule has 0 radical (unpaired) electrons. The van der Waals surface area contributed by atoms with E-state index in [0.29, 0.717) is 12.4 Å². The molecule has 1 saturated heterocycles. The van der Waals surface area contributed by atoms with Crippen molar-refractivity contribution in [1.29, 1.82) is 0 Å². The van der Waals surface area contributed by atoms with Gasteiger partial charge in [0, 0.05) is 25.7 Å². The number of ether oxygens (including phenoxy) is 1. The molecular formula is C15H22N2O4. The fourth-order valence-electron chi connectivity index (χ4n) is 2.51. The zero-order valence-corrected chi connectivity index (χ0v) is 12.3. The van der Waals surface area contributed by atoms with E-state index in [4.69, 9.17) is 4.74 Å². The Morgan fingerprint density at radius 1 is 1.43 bits per heavy atom. The third kappa shape index (κ3) is 4.68. The third-order valence-corrected chi connectivity index (χ3v) is 3.74. The molecule has 1 aliphatic heterocycles. The molecule has 1 aromatic rings. The van der Waals surface area contributed by atoms with Gasteiger partial charge in [0.15, 0.2) is 5.75 Å². The Hall–Kier alpha value is -1.66. The van der Waals surface area contributed by atoms with Crippen LogP contribution in [0.25, 0.3) is 0 Å². The van der Waals surface area contributed by atoms with Crippen LogP contribution in [-0.4, -0.2) is 47.3 Å². The van der Waals surface area contributed by atoms with E-state index in [2.05, 4.69) is 4.90 Å². The lowest BCUT2D eigenvalue weighted by atomic mass is 10.1. The summed E-state index contributed by atoms with van der Waals surface area (Å²) < 4.78 is 5.55. The lowest BCUT2D eigenvalue weighted by Gasteiger charge is -2.29. The van der Waals surface area contributed by atoms with E-state index in [1.807, 2.05) is 13.0 Å². The Labute approximate surface area is 124 Å².